The second-order valence-electron chi connectivity index (χ2n) is 4.50. The number of aryl methyl sites for hydroxylation is 3. The lowest BCUT2D eigenvalue weighted by atomic mass is 9.99. The standard InChI is InChI=1S/C14H17NOS/c1-8-5-10(3)12(6-9(8)2)13-7-17-14(15-13)11(4)16/h5-7,11,16H,1-4H3. The minimum absolute atomic E-state index is 0.486. The monoisotopic (exact) mass is 247 g/mol. The number of aliphatic hydroxyl groups is 1. The Bertz CT molecular complexity index is 543. The van der Waals surface area contributed by atoms with Gasteiger partial charge in [0.05, 0.1) is 5.69 Å². The SMILES string of the molecule is Cc1cc(C)c(-c2csc(C(C)O)n2)cc1C. The average Bonchev–Trinajstić information content (AvgIpc) is 2.72. The van der Waals surface area contributed by atoms with Crippen LogP contribution in [-0.2, 0) is 0 Å². The Morgan fingerprint density at radius 2 is 1.76 bits per heavy atom. The largest absolute Gasteiger partial charge is 0.386 e. The molecule has 1 aromatic heterocycles. The van der Waals surface area contributed by atoms with Crippen molar-refractivity contribution in [1.29, 1.82) is 0 Å². The van der Waals surface area contributed by atoms with Gasteiger partial charge in [-0.15, -0.1) is 11.3 Å². The Balaban J connectivity index is 2.49. The number of hydrogen-bond donors (Lipinski definition) is 1. The van der Waals surface area contributed by atoms with E-state index in [0.29, 0.717) is 0 Å². The van der Waals surface area contributed by atoms with Crippen molar-refractivity contribution in [1.82, 2.24) is 4.98 Å². The molecular weight excluding hydrogens is 230 g/mol. The maximum Gasteiger partial charge on any atom is 0.122 e. The summed E-state index contributed by atoms with van der Waals surface area (Å²) in [6.45, 7) is 8.08. The molecule has 17 heavy (non-hydrogen) atoms. The average molecular weight is 247 g/mol. The summed E-state index contributed by atoms with van der Waals surface area (Å²) in [6.07, 6.45) is -0.486. The Labute approximate surface area is 106 Å². The van der Waals surface area contributed by atoms with Crippen molar-refractivity contribution >= 4 is 11.3 Å². The Kier molecular flexibility index (Phi) is 3.31. The van der Waals surface area contributed by atoms with E-state index >= 15 is 0 Å². The molecule has 2 rings (SSSR count). The predicted octanol–water partition coefficient (Wildman–Crippen LogP) is 3.79. The molecule has 0 aliphatic rings. The van der Waals surface area contributed by atoms with Gasteiger partial charge in [-0.2, -0.15) is 0 Å². The molecule has 1 unspecified atom stereocenters. The summed E-state index contributed by atoms with van der Waals surface area (Å²) in [5.74, 6) is 0. The highest BCUT2D eigenvalue weighted by Crippen LogP contribution is 2.29. The summed E-state index contributed by atoms with van der Waals surface area (Å²) in [7, 11) is 0. The van der Waals surface area contributed by atoms with Gasteiger partial charge in [0.2, 0.25) is 0 Å². The molecule has 0 saturated heterocycles. The van der Waals surface area contributed by atoms with Crippen LogP contribution in [0.2, 0.25) is 0 Å². The van der Waals surface area contributed by atoms with Crippen molar-refractivity contribution in [3.05, 3.63) is 39.2 Å². The first-order valence-electron chi connectivity index (χ1n) is 5.70. The lowest BCUT2D eigenvalue weighted by Gasteiger charge is -2.07. The zero-order valence-corrected chi connectivity index (χ0v) is 11.4. The molecule has 3 heteroatoms. The molecule has 0 fully saturated rings. The van der Waals surface area contributed by atoms with Gasteiger partial charge in [0, 0.05) is 10.9 Å². The highest BCUT2D eigenvalue weighted by molar-refractivity contribution is 7.10. The minimum atomic E-state index is -0.486. The van der Waals surface area contributed by atoms with E-state index in [2.05, 4.69) is 37.9 Å². The van der Waals surface area contributed by atoms with Gasteiger partial charge < -0.3 is 5.11 Å². The Morgan fingerprint density at radius 1 is 1.12 bits per heavy atom. The topological polar surface area (TPSA) is 33.1 Å². The molecule has 0 amide bonds. The van der Waals surface area contributed by atoms with E-state index in [0.717, 1.165) is 16.3 Å². The zero-order valence-electron chi connectivity index (χ0n) is 10.6. The summed E-state index contributed by atoms with van der Waals surface area (Å²) in [5.41, 5.74) is 5.94. The van der Waals surface area contributed by atoms with Crippen LogP contribution in [0, 0.1) is 20.8 Å². The molecule has 0 radical (unpaired) electrons. The molecule has 1 atom stereocenters. The molecule has 0 aliphatic carbocycles. The molecular formula is C14H17NOS. The summed E-state index contributed by atoms with van der Waals surface area (Å²) in [4.78, 5) is 4.48. The van der Waals surface area contributed by atoms with Crippen molar-refractivity contribution in [3.63, 3.8) is 0 Å². The lowest BCUT2D eigenvalue weighted by Crippen LogP contribution is -1.92. The van der Waals surface area contributed by atoms with Gasteiger partial charge in [-0.3, -0.25) is 0 Å². The smallest absolute Gasteiger partial charge is 0.122 e. The van der Waals surface area contributed by atoms with Crippen molar-refractivity contribution < 1.29 is 5.11 Å². The molecule has 0 bridgehead atoms. The molecule has 2 aromatic rings. The van der Waals surface area contributed by atoms with Crippen LogP contribution in [0.3, 0.4) is 0 Å². The van der Waals surface area contributed by atoms with Crippen molar-refractivity contribution in [3.8, 4) is 11.3 Å². The van der Waals surface area contributed by atoms with Gasteiger partial charge in [-0.25, -0.2) is 4.98 Å². The maximum absolute atomic E-state index is 9.50. The first kappa shape index (κ1) is 12.3. The van der Waals surface area contributed by atoms with Gasteiger partial charge >= 0.3 is 0 Å². The molecule has 1 aromatic carbocycles. The minimum Gasteiger partial charge on any atom is -0.386 e. The van der Waals surface area contributed by atoms with E-state index < -0.39 is 6.10 Å². The van der Waals surface area contributed by atoms with Gasteiger partial charge in [0.1, 0.15) is 11.1 Å². The van der Waals surface area contributed by atoms with Crippen LogP contribution in [0.25, 0.3) is 11.3 Å². The van der Waals surface area contributed by atoms with E-state index in [4.69, 9.17) is 0 Å². The van der Waals surface area contributed by atoms with Crippen LogP contribution >= 0.6 is 11.3 Å². The fourth-order valence-corrected chi connectivity index (χ4v) is 2.60. The quantitative estimate of drug-likeness (QED) is 0.876. The number of thiazole rings is 1. The van der Waals surface area contributed by atoms with Crippen LogP contribution in [-0.4, -0.2) is 10.1 Å². The highest BCUT2D eigenvalue weighted by atomic mass is 32.1. The summed E-state index contributed by atoms with van der Waals surface area (Å²) in [5, 5.41) is 12.3. The van der Waals surface area contributed by atoms with Crippen molar-refractivity contribution in [2.45, 2.75) is 33.8 Å². The van der Waals surface area contributed by atoms with Crippen LogP contribution < -0.4 is 0 Å². The number of benzene rings is 1. The first-order valence-corrected chi connectivity index (χ1v) is 6.58. The first-order chi connectivity index (χ1) is 7.99. The van der Waals surface area contributed by atoms with E-state index in [1.54, 1.807) is 6.92 Å². The highest BCUT2D eigenvalue weighted by Gasteiger charge is 2.11. The predicted molar refractivity (Wildman–Crippen MR) is 72.4 cm³/mol. The number of nitrogens with zero attached hydrogens (tertiary/aromatic N) is 1. The second kappa shape index (κ2) is 4.59. The number of rotatable bonds is 2. The van der Waals surface area contributed by atoms with Gasteiger partial charge in [-0.05, 0) is 50.5 Å². The van der Waals surface area contributed by atoms with E-state index in [9.17, 15) is 5.11 Å². The zero-order chi connectivity index (χ0) is 12.6. The maximum atomic E-state index is 9.50. The summed E-state index contributed by atoms with van der Waals surface area (Å²) < 4.78 is 0. The van der Waals surface area contributed by atoms with E-state index in [-0.39, 0.29) is 0 Å². The van der Waals surface area contributed by atoms with Crippen LogP contribution in [0.5, 0.6) is 0 Å². The number of hydrogen-bond acceptors (Lipinski definition) is 3. The van der Waals surface area contributed by atoms with Crippen LogP contribution in [0.4, 0.5) is 0 Å². The summed E-state index contributed by atoms with van der Waals surface area (Å²) in [6, 6.07) is 4.36. The molecule has 0 spiro atoms. The molecule has 2 nitrogen and oxygen atoms in total. The summed E-state index contributed by atoms with van der Waals surface area (Å²) >= 11 is 1.51. The molecule has 0 saturated carbocycles. The fraction of sp³-hybridized carbons (Fsp3) is 0.357. The van der Waals surface area contributed by atoms with Gasteiger partial charge in [-0.1, -0.05) is 6.07 Å². The number of aliphatic hydroxyl groups excluding tert-OH is 1. The number of aromatic nitrogens is 1. The van der Waals surface area contributed by atoms with Crippen molar-refractivity contribution in [2.24, 2.45) is 0 Å². The third-order valence-corrected chi connectivity index (χ3v) is 4.01. The third-order valence-electron chi connectivity index (χ3n) is 3.00. The molecule has 0 aliphatic heterocycles. The normalized spacial score (nSPS) is 12.8. The van der Waals surface area contributed by atoms with Gasteiger partial charge in [0.25, 0.3) is 0 Å². The van der Waals surface area contributed by atoms with E-state index in [1.807, 2.05) is 5.38 Å². The second-order valence-corrected chi connectivity index (χ2v) is 5.39. The van der Waals surface area contributed by atoms with Crippen molar-refractivity contribution in [2.75, 3.05) is 0 Å². The Morgan fingerprint density at radius 3 is 2.35 bits per heavy atom. The van der Waals surface area contributed by atoms with Gasteiger partial charge in [0.15, 0.2) is 0 Å². The molecule has 90 valence electrons. The molecule has 1 heterocycles. The van der Waals surface area contributed by atoms with Crippen LogP contribution in [0.1, 0.15) is 34.7 Å². The Hall–Kier alpha value is -1.19. The molecule has 1 N–H and O–H groups in total. The van der Waals surface area contributed by atoms with E-state index in [1.165, 1.54) is 28.0 Å². The third kappa shape index (κ3) is 2.40. The fourth-order valence-electron chi connectivity index (χ4n) is 1.84. The lowest BCUT2D eigenvalue weighted by molar-refractivity contribution is 0.199. The van der Waals surface area contributed by atoms with Crippen LogP contribution in [0.15, 0.2) is 17.5 Å².